The van der Waals surface area contributed by atoms with Gasteiger partial charge in [-0.25, -0.2) is 13.1 Å². The van der Waals surface area contributed by atoms with Crippen LogP contribution in [0.3, 0.4) is 0 Å². The lowest BCUT2D eigenvalue weighted by molar-refractivity contribution is 0.373. The van der Waals surface area contributed by atoms with Crippen LogP contribution < -0.4 is 10.5 Å². The Kier molecular flexibility index (Phi) is 5.66. The third-order valence-electron chi connectivity index (χ3n) is 3.92. The monoisotopic (exact) mass is 330 g/mol. The Labute approximate surface area is 132 Å². The summed E-state index contributed by atoms with van der Waals surface area (Å²) in [5.74, 6) is 0. The summed E-state index contributed by atoms with van der Waals surface area (Å²) in [5, 5.41) is 0.273. The van der Waals surface area contributed by atoms with E-state index < -0.39 is 10.0 Å². The second-order valence-corrected chi connectivity index (χ2v) is 7.84. The lowest BCUT2D eigenvalue weighted by Gasteiger charge is -2.26. The highest BCUT2D eigenvalue weighted by Gasteiger charge is 2.25. The third-order valence-corrected chi connectivity index (χ3v) is 5.92. The number of halogens is 1. The molecule has 118 valence electrons. The van der Waals surface area contributed by atoms with Crippen molar-refractivity contribution in [3.05, 3.63) is 28.8 Å². The average Bonchev–Trinajstić information content (AvgIpc) is 2.43. The molecule has 0 bridgehead atoms. The molecule has 2 rings (SSSR count). The van der Waals surface area contributed by atoms with Crippen LogP contribution in [0.25, 0.3) is 0 Å². The van der Waals surface area contributed by atoms with Crippen molar-refractivity contribution < 1.29 is 8.42 Å². The molecular formula is C15H23ClN2O2S. The van der Waals surface area contributed by atoms with E-state index in [1.807, 2.05) is 6.07 Å². The fourth-order valence-electron chi connectivity index (χ4n) is 2.72. The molecule has 1 aromatic carbocycles. The lowest BCUT2D eigenvalue weighted by Crippen LogP contribution is -2.40. The van der Waals surface area contributed by atoms with Crippen LogP contribution in [0, 0.1) is 0 Å². The quantitative estimate of drug-likeness (QED) is 0.872. The molecule has 4 nitrogen and oxygen atoms in total. The highest BCUT2D eigenvalue weighted by atomic mass is 35.5. The Morgan fingerprint density at radius 3 is 2.57 bits per heavy atom. The number of rotatable bonds is 5. The van der Waals surface area contributed by atoms with Gasteiger partial charge < -0.3 is 5.73 Å². The maximum Gasteiger partial charge on any atom is 0.242 e. The highest BCUT2D eigenvalue weighted by molar-refractivity contribution is 7.89. The van der Waals surface area contributed by atoms with Crippen LogP contribution in [0.4, 0.5) is 0 Å². The Balaban J connectivity index is 2.17. The molecule has 1 aliphatic carbocycles. The van der Waals surface area contributed by atoms with E-state index in [2.05, 4.69) is 11.6 Å². The Morgan fingerprint density at radius 1 is 1.29 bits per heavy atom. The van der Waals surface area contributed by atoms with Crippen LogP contribution in [0.2, 0.25) is 5.02 Å². The number of aryl methyl sites for hydroxylation is 1. The zero-order valence-electron chi connectivity index (χ0n) is 12.3. The largest absolute Gasteiger partial charge is 0.328 e. The summed E-state index contributed by atoms with van der Waals surface area (Å²) in [6, 6.07) is 5.38. The molecule has 0 atom stereocenters. The highest BCUT2D eigenvalue weighted by Crippen LogP contribution is 2.25. The van der Waals surface area contributed by atoms with E-state index in [1.54, 1.807) is 12.1 Å². The van der Waals surface area contributed by atoms with Gasteiger partial charge in [0, 0.05) is 12.1 Å². The lowest BCUT2D eigenvalue weighted by atomic mass is 9.93. The maximum atomic E-state index is 12.5. The zero-order valence-corrected chi connectivity index (χ0v) is 13.9. The predicted octanol–water partition coefficient (Wildman–Crippen LogP) is 2.84. The number of hydrogen-bond acceptors (Lipinski definition) is 3. The van der Waals surface area contributed by atoms with Crippen LogP contribution in [-0.2, 0) is 16.4 Å². The fourth-order valence-corrected chi connectivity index (χ4v) is 4.57. The van der Waals surface area contributed by atoms with Crippen molar-refractivity contribution in [1.82, 2.24) is 4.72 Å². The summed E-state index contributed by atoms with van der Waals surface area (Å²) in [6.45, 7) is 2.06. The topological polar surface area (TPSA) is 72.2 Å². The van der Waals surface area contributed by atoms with Crippen molar-refractivity contribution >= 4 is 21.6 Å². The SMILES string of the molecule is CCCc1ccc(Cl)c(S(=O)(=O)NC2CCC(N)CC2)c1. The summed E-state index contributed by atoms with van der Waals surface area (Å²) in [6.07, 6.45) is 5.10. The van der Waals surface area contributed by atoms with Gasteiger partial charge in [-0.1, -0.05) is 31.0 Å². The first-order chi connectivity index (χ1) is 9.92. The van der Waals surface area contributed by atoms with Crippen molar-refractivity contribution in [2.45, 2.75) is 62.4 Å². The zero-order chi connectivity index (χ0) is 15.5. The molecule has 1 aromatic rings. The van der Waals surface area contributed by atoms with Gasteiger partial charge in [0.2, 0.25) is 10.0 Å². The van der Waals surface area contributed by atoms with Crippen LogP contribution in [0.15, 0.2) is 23.1 Å². The average molecular weight is 331 g/mol. The molecule has 21 heavy (non-hydrogen) atoms. The molecule has 0 spiro atoms. The Bertz CT molecular complexity index is 581. The minimum Gasteiger partial charge on any atom is -0.328 e. The van der Waals surface area contributed by atoms with Gasteiger partial charge in [-0.3, -0.25) is 0 Å². The van der Waals surface area contributed by atoms with E-state index in [0.29, 0.717) is 0 Å². The molecule has 1 saturated carbocycles. The summed E-state index contributed by atoms with van der Waals surface area (Å²) in [4.78, 5) is 0.185. The first kappa shape index (κ1) is 16.7. The van der Waals surface area contributed by atoms with E-state index in [0.717, 1.165) is 44.1 Å². The molecule has 0 radical (unpaired) electrons. The van der Waals surface area contributed by atoms with Gasteiger partial charge in [-0.05, 0) is 49.8 Å². The second kappa shape index (κ2) is 7.09. The van der Waals surface area contributed by atoms with Crippen LogP contribution >= 0.6 is 11.6 Å². The van der Waals surface area contributed by atoms with Crippen LogP contribution in [0.5, 0.6) is 0 Å². The molecule has 3 N–H and O–H groups in total. The van der Waals surface area contributed by atoms with E-state index in [4.69, 9.17) is 17.3 Å². The number of sulfonamides is 1. The maximum absolute atomic E-state index is 12.5. The predicted molar refractivity (Wildman–Crippen MR) is 86.0 cm³/mol. The molecule has 0 heterocycles. The van der Waals surface area contributed by atoms with E-state index >= 15 is 0 Å². The van der Waals surface area contributed by atoms with Crippen molar-refractivity contribution in [3.63, 3.8) is 0 Å². The molecule has 6 heteroatoms. The van der Waals surface area contributed by atoms with Gasteiger partial charge in [0.15, 0.2) is 0 Å². The third kappa shape index (κ3) is 4.42. The summed E-state index contributed by atoms with van der Waals surface area (Å²) >= 11 is 6.08. The van der Waals surface area contributed by atoms with Gasteiger partial charge in [-0.15, -0.1) is 0 Å². The molecule has 1 aliphatic rings. The summed E-state index contributed by atoms with van der Waals surface area (Å²) in [5.41, 5.74) is 6.84. The molecular weight excluding hydrogens is 308 g/mol. The molecule has 0 unspecified atom stereocenters. The number of nitrogens with two attached hydrogens (primary N) is 1. The minimum absolute atomic E-state index is 0.0410. The van der Waals surface area contributed by atoms with Crippen molar-refractivity contribution in [2.24, 2.45) is 5.73 Å². The summed E-state index contributed by atoms with van der Waals surface area (Å²) in [7, 11) is -3.57. The molecule has 0 amide bonds. The normalized spacial score (nSPS) is 23.2. The molecule has 0 saturated heterocycles. The number of nitrogens with one attached hydrogen (secondary N) is 1. The first-order valence-electron chi connectivity index (χ1n) is 7.48. The van der Waals surface area contributed by atoms with Crippen LogP contribution in [0.1, 0.15) is 44.6 Å². The first-order valence-corrected chi connectivity index (χ1v) is 9.35. The van der Waals surface area contributed by atoms with Crippen LogP contribution in [-0.4, -0.2) is 20.5 Å². The van der Waals surface area contributed by atoms with Crippen molar-refractivity contribution in [1.29, 1.82) is 0 Å². The smallest absolute Gasteiger partial charge is 0.242 e. The standard InChI is InChI=1S/C15H23ClN2O2S/c1-2-3-11-4-9-14(16)15(10-11)21(19,20)18-13-7-5-12(17)6-8-13/h4,9-10,12-13,18H,2-3,5-8,17H2,1H3. The van der Waals surface area contributed by atoms with Gasteiger partial charge in [0.05, 0.1) is 5.02 Å². The van der Waals surface area contributed by atoms with Gasteiger partial charge in [-0.2, -0.15) is 0 Å². The molecule has 0 aromatic heterocycles. The van der Waals surface area contributed by atoms with E-state index in [-0.39, 0.29) is 22.0 Å². The molecule has 1 fully saturated rings. The van der Waals surface area contributed by atoms with E-state index in [9.17, 15) is 8.42 Å². The van der Waals surface area contributed by atoms with Gasteiger partial charge in [0.25, 0.3) is 0 Å². The Hall–Kier alpha value is -0.620. The number of hydrogen-bond donors (Lipinski definition) is 2. The Morgan fingerprint density at radius 2 is 1.95 bits per heavy atom. The second-order valence-electron chi connectivity index (χ2n) is 5.75. The fraction of sp³-hybridized carbons (Fsp3) is 0.600. The van der Waals surface area contributed by atoms with Gasteiger partial charge >= 0.3 is 0 Å². The van der Waals surface area contributed by atoms with E-state index in [1.165, 1.54) is 0 Å². The summed E-state index contributed by atoms with van der Waals surface area (Å²) < 4.78 is 27.8. The molecule has 0 aliphatic heterocycles. The van der Waals surface area contributed by atoms with Crippen molar-refractivity contribution in [2.75, 3.05) is 0 Å². The minimum atomic E-state index is -3.57. The van der Waals surface area contributed by atoms with Gasteiger partial charge in [0.1, 0.15) is 4.90 Å². The number of benzene rings is 1. The van der Waals surface area contributed by atoms with Crippen molar-refractivity contribution in [3.8, 4) is 0 Å².